The molecule has 0 aliphatic carbocycles. The molecule has 7 nitrogen and oxygen atoms in total. The standard InChI is InChI=1S/C16H15F2N5O2/c1-23-14(15(17)18)11(9-20-23)16-21-12(22-25-16)7-13(24)19-8-10-5-3-2-4-6-10/h2-6,9,15H,7-8H2,1H3,(H,19,24). The van der Waals surface area contributed by atoms with Crippen LogP contribution in [0, 0.1) is 0 Å². The molecule has 0 fully saturated rings. The minimum Gasteiger partial charge on any atom is -0.352 e. The van der Waals surface area contributed by atoms with Gasteiger partial charge in [0.25, 0.3) is 12.3 Å². The van der Waals surface area contributed by atoms with Crippen molar-refractivity contribution in [2.24, 2.45) is 7.05 Å². The van der Waals surface area contributed by atoms with Gasteiger partial charge in [-0.05, 0) is 5.56 Å². The number of aryl methyl sites for hydroxylation is 1. The number of alkyl halides is 2. The largest absolute Gasteiger partial charge is 0.352 e. The van der Waals surface area contributed by atoms with Crippen LogP contribution in [0.3, 0.4) is 0 Å². The van der Waals surface area contributed by atoms with E-state index in [-0.39, 0.29) is 35.3 Å². The Bertz CT molecular complexity index is 861. The van der Waals surface area contributed by atoms with E-state index in [0.717, 1.165) is 10.2 Å². The van der Waals surface area contributed by atoms with Gasteiger partial charge in [0.05, 0.1) is 18.2 Å². The Morgan fingerprint density at radius 2 is 2.08 bits per heavy atom. The Labute approximate surface area is 141 Å². The summed E-state index contributed by atoms with van der Waals surface area (Å²) in [6.45, 7) is 0.377. The molecule has 2 heterocycles. The number of nitrogens with one attached hydrogen (secondary N) is 1. The van der Waals surface area contributed by atoms with Crippen molar-refractivity contribution in [1.82, 2.24) is 25.2 Å². The van der Waals surface area contributed by atoms with Crippen LogP contribution in [0.2, 0.25) is 0 Å². The van der Waals surface area contributed by atoms with Crippen LogP contribution in [0.4, 0.5) is 8.78 Å². The predicted molar refractivity (Wildman–Crippen MR) is 83.4 cm³/mol. The van der Waals surface area contributed by atoms with Crippen LogP contribution in [0.15, 0.2) is 41.1 Å². The molecule has 3 aromatic rings. The van der Waals surface area contributed by atoms with Gasteiger partial charge in [-0.3, -0.25) is 9.48 Å². The Morgan fingerprint density at radius 1 is 1.32 bits per heavy atom. The molecule has 0 spiro atoms. The van der Waals surface area contributed by atoms with Gasteiger partial charge in [-0.2, -0.15) is 10.1 Å². The first-order valence-electron chi connectivity index (χ1n) is 7.48. The summed E-state index contributed by atoms with van der Waals surface area (Å²) in [4.78, 5) is 15.9. The van der Waals surface area contributed by atoms with E-state index in [4.69, 9.17) is 4.52 Å². The number of hydrogen-bond acceptors (Lipinski definition) is 5. The molecule has 0 bridgehead atoms. The highest BCUT2D eigenvalue weighted by molar-refractivity contribution is 5.77. The smallest absolute Gasteiger partial charge is 0.280 e. The van der Waals surface area contributed by atoms with E-state index in [1.165, 1.54) is 13.2 Å². The number of nitrogens with zero attached hydrogens (tertiary/aromatic N) is 4. The minimum atomic E-state index is -2.73. The number of carbonyl (C=O) groups is 1. The molecule has 0 saturated heterocycles. The normalized spacial score (nSPS) is 11.0. The molecule has 9 heteroatoms. The molecule has 3 rings (SSSR count). The summed E-state index contributed by atoms with van der Waals surface area (Å²) in [7, 11) is 1.40. The molecular weight excluding hydrogens is 332 g/mol. The average Bonchev–Trinajstić information content (AvgIpc) is 3.20. The highest BCUT2D eigenvalue weighted by Crippen LogP contribution is 2.29. The summed E-state index contributed by atoms with van der Waals surface area (Å²) < 4.78 is 32.2. The molecule has 25 heavy (non-hydrogen) atoms. The van der Waals surface area contributed by atoms with Crippen molar-refractivity contribution >= 4 is 5.91 Å². The van der Waals surface area contributed by atoms with Gasteiger partial charge < -0.3 is 9.84 Å². The molecule has 1 aromatic carbocycles. The van der Waals surface area contributed by atoms with Crippen molar-refractivity contribution in [2.45, 2.75) is 19.4 Å². The maximum atomic E-state index is 13.1. The number of amides is 1. The molecule has 0 atom stereocenters. The molecular formula is C16H15F2N5O2. The van der Waals surface area contributed by atoms with Gasteiger partial charge in [0.15, 0.2) is 5.82 Å². The number of hydrogen-bond donors (Lipinski definition) is 1. The van der Waals surface area contributed by atoms with Crippen LogP contribution in [-0.4, -0.2) is 25.8 Å². The van der Waals surface area contributed by atoms with Crippen molar-refractivity contribution < 1.29 is 18.1 Å². The van der Waals surface area contributed by atoms with E-state index >= 15 is 0 Å². The van der Waals surface area contributed by atoms with Crippen LogP contribution in [0.5, 0.6) is 0 Å². The lowest BCUT2D eigenvalue weighted by Gasteiger charge is -2.03. The fraction of sp³-hybridized carbons (Fsp3) is 0.250. The molecule has 0 aliphatic heterocycles. The monoisotopic (exact) mass is 347 g/mol. The first kappa shape index (κ1) is 16.7. The number of carbonyl (C=O) groups excluding carboxylic acids is 1. The Morgan fingerprint density at radius 3 is 2.80 bits per heavy atom. The average molecular weight is 347 g/mol. The van der Waals surface area contributed by atoms with Gasteiger partial charge >= 0.3 is 0 Å². The lowest BCUT2D eigenvalue weighted by Crippen LogP contribution is -2.24. The summed E-state index contributed by atoms with van der Waals surface area (Å²) >= 11 is 0. The Balaban J connectivity index is 1.65. The SMILES string of the molecule is Cn1ncc(-c2nc(CC(=O)NCc3ccccc3)no2)c1C(F)F. The summed E-state index contributed by atoms with van der Waals surface area (Å²) in [5.74, 6) is -0.268. The second-order valence-corrected chi connectivity index (χ2v) is 5.32. The third-order valence-electron chi connectivity index (χ3n) is 3.54. The minimum absolute atomic E-state index is 0.0564. The number of rotatable bonds is 6. The van der Waals surface area contributed by atoms with Crippen LogP contribution in [-0.2, 0) is 24.8 Å². The zero-order valence-electron chi connectivity index (χ0n) is 13.3. The van der Waals surface area contributed by atoms with E-state index in [0.29, 0.717) is 6.54 Å². The number of benzene rings is 1. The van der Waals surface area contributed by atoms with Gasteiger partial charge in [-0.25, -0.2) is 8.78 Å². The lowest BCUT2D eigenvalue weighted by molar-refractivity contribution is -0.120. The van der Waals surface area contributed by atoms with Crippen molar-refractivity contribution in [1.29, 1.82) is 0 Å². The van der Waals surface area contributed by atoms with E-state index in [2.05, 4.69) is 20.6 Å². The first-order valence-corrected chi connectivity index (χ1v) is 7.48. The molecule has 0 aliphatic rings. The molecule has 0 radical (unpaired) electrons. The second kappa shape index (κ2) is 7.20. The van der Waals surface area contributed by atoms with E-state index < -0.39 is 6.43 Å². The summed E-state index contributed by atoms with van der Waals surface area (Å²) in [6.07, 6.45) is -1.61. The van der Waals surface area contributed by atoms with E-state index in [1.807, 2.05) is 30.3 Å². The van der Waals surface area contributed by atoms with Crippen molar-refractivity contribution in [3.05, 3.63) is 53.6 Å². The first-order chi connectivity index (χ1) is 12.0. The second-order valence-electron chi connectivity index (χ2n) is 5.32. The maximum absolute atomic E-state index is 13.1. The number of halogens is 2. The quantitative estimate of drug-likeness (QED) is 0.739. The van der Waals surface area contributed by atoms with Gasteiger partial charge in [0.2, 0.25) is 5.91 Å². The van der Waals surface area contributed by atoms with Gasteiger partial charge in [-0.1, -0.05) is 35.5 Å². The molecule has 1 N–H and O–H groups in total. The zero-order valence-corrected chi connectivity index (χ0v) is 13.3. The Hall–Kier alpha value is -3.10. The van der Waals surface area contributed by atoms with Crippen molar-refractivity contribution in [3.8, 4) is 11.5 Å². The van der Waals surface area contributed by atoms with Gasteiger partial charge in [0.1, 0.15) is 5.69 Å². The van der Waals surface area contributed by atoms with E-state index in [9.17, 15) is 13.6 Å². The maximum Gasteiger partial charge on any atom is 0.280 e. The van der Waals surface area contributed by atoms with Crippen LogP contribution >= 0.6 is 0 Å². The van der Waals surface area contributed by atoms with Crippen LogP contribution < -0.4 is 5.32 Å². The Kier molecular flexibility index (Phi) is 4.82. The molecule has 130 valence electrons. The van der Waals surface area contributed by atoms with Crippen molar-refractivity contribution in [2.75, 3.05) is 0 Å². The molecule has 0 saturated carbocycles. The fourth-order valence-corrected chi connectivity index (χ4v) is 2.31. The highest BCUT2D eigenvalue weighted by atomic mass is 19.3. The number of aromatic nitrogens is 4. The van der Waals surface area contributed by atoms with Gasteiger partial charge in [-0.15, -0.1) is 0 Å². The lowest BCUT2D eigenvalue weighted by atomic mass is 10.2. The highest BCUT2D eigenvalue weighted by Gasteiger charge is 2.23. The predicted octanol–water partition coefficient (Wildman–Crippen LogP) is 2.27. The van der Waals surface area contributed by atoms with Crippen LogP contribution in [0.1, 0.15) is 23.5 Å². The van der Waals surface area contributed by atoms with Gasteiger partial charge in [0, 0.05) is 13.6 Å². The third kappa shape index (κ3) is 3.87. The van der Waals surface area contributed by atoms with Crippen molar-refractivity contribution in [3.63, 3.8) is 0 Å². The summed E-state index contributed by atoms with van der Waals surface area (Å²) in [5.41, 5.74) is 0.700. The zero-order chi connectivity index (χ0) is 17.8. The third-order valence-corrected chi connectivity index (χ3v) is 3.54. The summed E-state index contributed by atoms with van der Waals surface area (Å²) in [5, 5.41) is 10.2. The molecule has 1 amide bonds. The van der Waals surface area contributed by atoms with E-state index in [1.54, 1.807) is 0 Å². The molecule has 0 unspecified atom stereocenters. The fourth-order valence-electron chi connectivity index (χ4n) is 2.31. The summed E-state index contributed by atoms with van der Waals surface area (Å²) in [6, 6.07) is 9.42. The van der Waals surface area contributed by atoms with Crippen LogP contribution in [0.25, 0.3) is 11.5 Å². The topological polar surface area (TPSA) is 85.8 Å². The molecule has 2 aromatic heterocycles.